The van der Waals surface area contributed by atoms with Gasteiger partial charge in [0.15, 0.2) is 0 Å². The topological polar surface area (TPSA) is 29.3 Å². The molecule has 0 bridgehead atoms. The van der Waals surface area contributed by atoms with Crippen LogP contribution in [0.3, 0.4) is 0 Å². The maximum Gasteiger partial charge on any atom is 0.146 e. The largest absolute Gasteiger partial charge is 0.359 e. The van der Waals surface area contributed by atoms with Gasteiger partial charge in [0.2, 0.25) is 0 Å². The van der Waals surface area contributed by atoms with E-state index in [0.717, 1.165) is 50.3 Å². The van der Waals surface area contributed by atoms with Crippen LogP contribution >= 0.6 is 0 Å². The number of hydrogen-bond acceptors (Lipinski definition) is 2. The first kappa shape index (κ1) is 39.4. The van der Waals surface area contributed by atoms with Crippen molar-refractivity contribution in [3.05, 3.63) is 271 Å². The quantitative estimate of drug-likeness (QED) is 0.177. The number of aliphatic imine (C=N–C) groups is 1. The zero-order valence-corrected chi connectivity index (χ0v) is 37.8. The third-order valence-electron chi connectivity index (χ3n) is 14.7. The highest BCUT2D eigenvalue weighted by atomic mass is 15.1. The molecule has 3 atom stereocenters. The minimum Gasteiger partial charge on any atom is -0.359 e. The predicted octanol–water partition coefficient (Wildman–Crippen LogP) is 16.9. The lowest BCUT2D eigenvalue weighted by molar-refractivity contribution is 0.663. The number of rotatable bonds is 6. The maximum atomic E-state index is 5.66. The summed E-state index contributed by atoms with van der Waals surface area (Å²) in [7, 11) is 0. The number of aromatic nitrogens is 1. The van der Waals surface area contributed by atoms with Gasteiger partial charge in [0.05, 0.1) is 16.7 Å². The normalized spacial score (nSPS) is 17.2. The lowest BCUT2D eigenvalue weighted by atomic mass is 9.81. The fraction of sp³-hybridized carbons (Fsp3) is 0.0455. The Kier molecular flexibility index (Phi) is 9.09. The summed E-state index contributed by atoms with van der Waals surface area (Å²) in [6.45, 7) is 0. The molecular weight excluding hydrogens is 835 g/mol. The Morgan fingerprint density at radius 3 is 1.90 bits per heavy atom. The van der Waals surface area contributed by atoms with E-state index in [4.69, 9.17) is 4.99 Å². The molecule has 11 aromatic rings. The summed E-state index contributed by atoms with van der Waals surface area (Å²) in [5, 5.41) is 13.8. The molecule has 69 heavy (non-hydrogen) atoms. The number of benzene rings is 10. The van der Waals surface area contributed by atoms with Crippen molar-refractivity contribution in [2.75, 3.05) is 5.32 Å². The van der Waals surface area contributed by atoms with Crippen LogP contribution in [-0.2, 0) is 0 Å². The Labute approximate surface area is 401 Å². The Hall–Kier alpha value is -8.79. The van der Waals surface area contributed by atoms with Gasteiger partial charge in [0.25, 0.3) is 0 Å². The molecule has 1 aromatic heterocycles. The van der Waals surface area contributed by atoms with Gasteiger partial charge >= 0.3 is 0 Å². The standard InChI is InChI=1S/C66H45N3/c1-3-16-42(17-4-1)49-37-50(43-18-5-2-6-19-43)39-51(38-49)65-58-27-13-14-29-60(58)67-66(68-65)57-28-15-23-47-40-52(33-34-53(47)57)69-61-35-32-45-21-9-10-24-54(45)63(61)64-56-26-12-11-25-55(56)59(41-62(64)69)48-31-30-44-20-7-8-22-46(44)36-48/h1-41,44,46,66-67H. The van der Waals surface area contributed by atoms with E-state index < -0.39 is 0 Å². The van der Waals surface area contributed by atoms with Crippen LogP contribution in [0.2, 0.25) is 0 Å². The van der Waals surface area contributed by atoms with Gasteiger partial charge in [-0.05, 0) is 114 Å². The van der Waals surface area contributed by atoms with Crippen LogP contribution in [0.5, 0.6) is 0 Å². The molecule has 2 heterocycles. The molecule has 2 aliphatic carbocycles. The second kappa shape index (κ2) is 15.9. The zero-order chi connectivity index (χ0) is 45.4. The van der Waals surface area contributed by atoms with E-state index in [0.29, 0.717) is 11.8 Å². The fourth-order valence-corrected chi connectivity index (χ4v) is 11.4. The van der Waals surface area contributed by atoms with Gasteiger partial charge in [-0.2, -0.15) is 0 Å². The van der Waals surface area contributed by atoms with E-state index in [-0.39, 0.29) is 6.17 Å². The van der Waals surface area contributed by atoms with Gasteiger partial charge in [-0.15, -0.1) is 0 Å². The van der Waals surface area contributed by atoms with Crippen LogP contribution in [0.4, 0.5) is 5.69 Å². The summed E-state index contributed by atoms with van der Waals surface area (Å²) in [5.74, 6) is 0.732. The number of allylic oxidation sites excluding steroid dienone is 8. The van der Waals surface area contributed by atoms with Crippen molar-refractivity contribution >= 4 is 71.1 Å². The van der Waals surface area contributed by atoms with Crippen LogP contribution < -0.4 is 5.32 Å². The van der Waals surface area contributed by atoms with Crippen LogP contribution in [0.1, 0.15) is 28.4 Å². The monoisotopic (exact) mass is 879 g/mol. The minimum absolute atomic E-state index is 0.315. The fourth-order valence-electron chi connectivity index (χ4n) is 11.4. The van der Waals surface area contributed by atoms with E-state index in [1.807, 2.05) is 0 Å². The second-order valence-corrected chi connectivity index (χ2v) is 18.6. The smallest absolute Gasteiger partial charge is 0.146 e. The lowest BCUT2D eigenvalue weighted by Gasteiger charge is -2.27. The minimum atomic E-state index is -0.315. The molecule has 14 rings (SSSR count). The van der Waals surface area contributed by atoms with Gasteiger partial charge in [-0.25, -0.2) is 0 Å². The molecule has 3 aliphatic rings. The maximum absolute atomic E-state index is 5.66. The van der Waals surface area contributed by atoms with Gasteiger partial charge in [-0.1, -0.05) is 200 Å². The van der Waals surface area contributed by atoms with Crippen LogP contribution in [0, 0.1) is 11.8 Å². The number of para-hydroxylation sites is 1. The van der Waals surface area contributed by atoms with Crippen molar-refractivity contribution in [2.24, 2.45) is 16.8 Å². The van der Waals surface area contributed by atoms with Gasteiger partial charge < -0.3 is 9.88 Å². The van der Waals surface area contributed by atoms with Gasteiger partial charge in [0.1, 0.15) is 6.17 Å². The number of anilines is 1. The van der Waals surface area contributed by atoms with Crippen molar-refractivity contribution in [3.8, 4) is 27.9 Å². The first-order valence-corrected chi connectivity index (χ1v) is 24.1. The molecule has 1 aliphatic heterocycles. The summed E-state index contributed by atoms with van der Waals surface area (Å²) < 4.78 is 2.51. The van der Waals surface area contributed by atoms with E-state index in [2.05, 4.69) is 259 Å². The first-order valence-electron chi connectivity index (χ1n) is 24.1. The van der Waals surface area contributed by atoms with Crippen LogP contribution in [-0.4, -0.2) is 10.3 Å². The van der Waals surface area contributed by atoms with Crippen LogP contribution in [0.15, 0.2) is 254 Å². The van der Waals surface area contributed by atoms with Crippen molar-refractivity contribution in [1.82, 2.24) is 4.57 Å². The molecule has 0 radical (unpaired) electrons. The molecule has 0 fully saturated rings. The van der Waals surface area contributed by atoms with E-state index in [9.17, 15) is 0 Å². The summed E-state index contributed by atoms with van der Waals surface area (Å²) in [4.78, 5) is 5.66. The van der Waals surface area contributed by atoms with Crippen LogP contribution in [0.25, 0.3) is 87.6 Å². The summed E-state index contributed by atoms with van der Waals surface area (Å²) >= 11 is 0. The summed E-state index contributed by atoms with van der Waals surface area (Å²) in [5.41, 5.74) is 16.1. The average molecular weight is 880 g/mol. The molecule has 1 N–H and O–H groups in total. The highest BCUT2D eigenvalue weighted by molar-refractivity contribution is 6.30. The molecule has 324 valence electrons. The molecule has 10 aromatic carbocycles. The summed E-state index contributed by atoms with van der Waals surface area (Å²) in [6.07, 6.45) is 15.9. The Bertz CT molecular complexity index is 3990. The highest BCUT2D eigenvalue weighted by Gasteiger charge is 2.27. The average Bonchev–Trinajstić information content (AvgIpc) is 3.77. The van der Waals surface area contributed by atoms with E-state index in [1.165, 1.54) is 71.0 Å². The Balaban J connectivity index is 0.950. The molecule has 0 amide bonds. The SMILES string of the molecule is C1=CC2C=CC(c3cc4c(c5ccccc35)c3c5ccccc5ccc3n4-c3ccc4c(C5N=C(c6cc(-c7ccccc7)cc(-c7ccccc7)c6)c6ccccc6N5)cccc4c3)=CC2C=C1. The first-order chi connectivity index (χ1) is 34.2. The molecule has 0 saturated carbocycles. The third-order valence-corrected chi connectivity index (χ3v) is 14.7. The zero-order valence-electron chi connectivity index (χ0n) is 37.8. The van der Waals surface area contributed by atoms with Crippen molar-refractivity contribution in [2.45, 2.75) is 6.17 Å². The third kappa shape index (κ3) is 6.53. The van der Waals surface area contributed by atoms with E-state index >= 15 is 0 Å². The number of hydrogen-bond donors (Lipinski definition) is 1. The highest BCUT2D eigenvalue weighted by Crippen LogP contribution is 2.45. The number of nitrogens with zero attached hydrogens (tertiary/aromatic N) is 2. The van der Waals surface area contributed by atoms with Gasteiger partial charge in [-0.3, -0.25) is 4.99 Å². The van der Waals surface area contributed by atoms with Crippen molar-refractivity contribution in [3.63, 3.8) is 0 Å². The van der Waals surface area contributed by atoms with Gasteiger partial charge in [0, 0.05) is 50.7 Å². The van der Waals surface area contributed by atoms with E-state index in [1.54, 1.807) is 0 Å². The molecule has 0 spiro atoms. The molecule has 3 heteroatoms. The lowest BCUT2D eigenvalue weighted by Crippen LogP contribution is -2.21. The van der Waals surface area contributed by atoms with Crippen molar-refractivity contribution in [1.29, 1.82) is 0 Å². The number of nitrogens with one attached hydrogen (secondary N) is 1. The Morgan fingerprint density at radius 2 is 1.09 bits per heavy atom. The van der Waals surface area contributed by atoms with Crippen molar-refractivity contribution < 1.29 is 0 Å². The molecule has 3 unspecified atom stereocenters. The Morgan fingerprint density at radius 1 is 0.420 bits per heavy atom. The molecule has 0 saturated heterocycles. The molecular formula is C66H45N3. The number of fused-ring (bicyclic) bond motifs is 10. The summed E-state index contributed by atoms with van der Waals surface area (Å²) in [6, 6.07) is 75.5. The molecule has 3 nitrogen and oxygen atoms in total. The second-order valence-electron chi connectivity index (χ2n) is 18.6. The predicted molar refractivity (Wildman–Crippen MR) is 291 cm³/mol.